The van der Waals surface area contributed by atoms with E-state index < -0.39 is 6.04 Å². The molecule has 1 aliphatic heterocycles. The summed E-state index contributed by atoms with van der Waals surface area (Å²) < 4.78 is 0. The largest absolute Gasteiger partial charge is 0.339 e. The van der Waals surface area contributed by atoms with Gasteiger partial charge in [-0.2, -0.15) is 0 Å². The summed E-state index contributed by atoms with van der Waals surface area (Å²) in [6, 6.07) is 8.71. The minimum absolute atomic E-state index is 0.0268. The van der Waals surface area contributed by atoms with Crippen LogP contribution in [0.25, 0.3) is 0 Å². The van der Waals surface area contributed by atoms with E-state index in [2.05, 4.69) is 10.6 Å². The molecular weight excluding hydrogens is 356 g/mol. The molecule has 1 saturated carbocycles. The van der Waals surface area contributed by atoms with Crippen molar-refractivity contribution in [1.29, 1.82) is 0 Å². The highest BCUT2D eigenvalue weighted by Crippen LogP contribution is 2.31. The molecule has 1 heterocycles. The molecule has 7 heteroatoms. The number of piperazine rings is 1. The third-order valence-electron chi connectivity index (χ3n) is 5.34. The van der Waals surface area contributed by atoms with Gasteiger partial charge in [-0.3, -0.25) is 9.59 Å². The zero-order valence-electron chi connectivity index (χ0n) is 16.7. The number of benzene rings is 1. The van der Waals surface area contributed by atoms with E-state index in [0.29, 0.717) is 32.7 Å². The molecule has 1 saturated heterocycles. The average molecular weight is 386 g/mol. The summed E-state index contributed by atoms with van der Waals surface area (Å²) in [7, 11) is 0. The Hall–Kier alpha value is -2.57. The van der Waals surface area contributed by atoms with Gasteiger partial charge in [0.25, 0.3) is 0 Å². The predicted molar refractivity (Wildman–Crippen MR) is 106 cm³/mol. The van der Waals surface area contributed by atoms with Gasteiger partial charge < -0.3 is 20.4 Å². The van der Waals surface area contributed by atoms with Gasteiger partial charge in [0, 0.05) is 38.6 Å². The first-order valence-corrected chi connectivity index (χ1v) is 10.1. The molecule has 2 N–H and O–H groups in total. The number of amides is 4. The molecule has 7 nitrogen and oxygen atoms in total. The van der Waals surface area contributed by atoms with E-state index in [4.69, 9.17) is 0 Å². The maximum Gasteiger partial charge on any atom is 0.315 e. The number of carbonyl (C=O) groups is 3. The van der Waals surface area contributed by atoms with E-state index in [0.717, 1.165) is 18.4 Å². The number of urea groups is 1. The fourth-order valence-electron chi connectivity index (χ4n) is 3.42. The van der Waals surface area contributed by atoms with E-state index >= 15 is 0 Å². The normalized spacial score (nSPS) is 18.0. The fourth-order valence-corrected chi connectivity index (χ4v) is 3.42. The van der Waals surface area contributed by atoms with E-state index in [1.165, 1.54) is 0 Å². The van der Waals surface area contributed by atoms with Crippen molar-refractivity contribution in [2.45, 2.75) is 39.3 Å². The number of nitrogens with zero attached hydrogens (tertiary/aromatic N) is 2. The van der Waals surface area contributed by atoms with Gasteiger partial charge in [-0.25, -0.2) is 4.79 Å². The lowest BCUT2D eigenvalue weighted by atomic mass is 10.0. The van der Waals surface area contributed by atoms with Gasteiger partial charge in [0.05, 0.1) is 0 Å². The van der Waals surface area contributed by atoms with Crippen molar-refractivity contribution in [3.05, 3.63) is 35.9 Å². The van der Waals surface area contributed by atoms with Crippen LogP contribution in [-0.4, -0.2) is 59.9 Å². The molecule has 0 unspecified atom stereocenters. The van der Waals surface area contributed by atoms with Crippen molar-refractivity contribution < 1.29 is 14.4 Å². The lowest BCUT2D eigenvalue weighted by Gasteiger charge is -2.37. The summed E-state index contributed by atoms with van der Waals surface area (Å²) in [4.78, 5) is 41.0. The summed E-state index contributed by atoms with van der Waals surface area (Å²) >= 11 is 0. The molecule has 28 heavy (non-hydrogen) atoms. The highest BCUT2D eigenvalue weighted by molar-refractivity contribution is 5.87. The van der Waals surface area contributed by atoms with Gasteiger partial charge in [0.2, 0.25) is 11.8 Å². The lowest BCUT2D eigenvalue weighted by molar-refractivity contribution is -0.141. The second kappa shape index (κ2) is 9.08. The molecule has 2 fully saturated rings. The zero-order chi connectivity index (χ0) is 20.1. The Balaban J connectivity index is 1.49. The van der Waals surface area contributed by atoms with Gasteiger partial charge in [-0.05, 0) is 24.3 Å². The van der Waals surface area contributed by atoms with Gasteiger partial charge in [-0.1, -0.05) is 44.2 Å². The zero-order valence-corrected chi connectivity index (χ0v) is 16.7. The Morgan fingerprint density at radius 1 is 1.00 bits per heavy atom. The van der Waals surface area contributed by atoms with Crippen LogP contribution >= 0.6 is 0 Å². The number of hydrogen-bond donors (Lipinski definition) is 2. The third kappa shape index (κ3) is 5.24. The molecule has 3 rings (SSSR count). The number of rotatable bonds is 6. The topological polar surface area (TPSA) is 81.8 Å². The number of nitrogens with one attached hydrogen (secondary N) is 2. The first-order valence-electron chi connectivity index (χ1n) is 10.1. The smallest absolute Gasteiger partial charge is 0.315 e. The Morgan fingerprint density at radius 3 is 2.18 bits per heavy atom. The second-order valence-corrected chi connectivity index (χ2v) is 7.96. The van der Waals surface area contributed by atoms with Crippen LogP contribution in [0.5, 0.6) is 0 Å². The predicted octanol–water partition coefficient (Wildman–Crippen LogP) is 1.59. The lowest BCUT2D eigenvalue weighted by Crippen LogP contribution is -2.58. The minimum Gasteiger partial charge on any atom is -0.339 e. The fraction of sp³-hybridized carbons (Fsp3) is 0.571. The van der Waals surface area contributed by atoms with Crippen LogP contribution in [0.3, 0.4) is 0 Å². The molecule has 152 valence electrons. The minimum atomic E-state index is -0.582. The van der Waals surface area contributed by atoms with Crippen LogP contribution in [0.4, 0.5) is 4.79 Å². The summed E-state index contributed by atoms with van der Waals surface area (Å²) in [5, 5.41) is 5.63. The average Bonchev–Trinajstić information content (AvgIpc) is 3.55. The van der Waals surface area contributed by atoms with Crippen molar-refractivity contribution in [3.63, 3.8) is 0 Å². The summed E-state index contributed by atoms with van der Waals surface area (Å²) in [6.07, 6.45) is 1.99. The SMILES string of the molecule is CC(C)[C@H](NC(=O)NCc1ccccc1)C(=O)N1CCN(C(=O)C2CC2)CC1. The summed E-state index contributed by atoms with van der Waals surface area (Å²) in [5.74, 6) is 0.330. The highest BCUT2D eigenvalue weighted by Gasteiger charge is 2.36. The molecule has 1 aromatic carbocycles. The Morgan fingerprint density at radius 2 is 1.61 bits per heavy atom. The first kappa shape index (κ1) is 20.2. The molecular formula is C21H30N4O3. The van der Waals surface area contributed by atoms with E-state index in [-0.39, 0.29) is 29.7 Å². The first-order chi connectivity index (χ1) is 13.5. The van der Waals surface area contributed by atoms with Crippen LogP contribution in [-0.2, 0) is 16.1 Å². The van der Waals surface area contributed by atoms with Gasteiger partial charge in [0.15, 0.2) is 0 Å². The van der Waals surface area contributed by atoms with Gasteiger partial charge in [-0.15, -0.1) is 0 Å². The molecule has 0 aromatic heterocycles. The van der Waals surface area contributed by atoms with Crippen LogP contribution in [0, 0.1) is 11.8 Å². The van der Waals surface area contributed by atoms with E-state index in [1.54, 1.807) is 4.90 Å². The summed E-state index contributed by atoms with van der Waals surface area (Å²) in [6.45, 7) is 6.45. The van der Waals surface area contributed by atoms with Crippen molar-refractivity contribution >= 4 is 17.8 Å². The van der Waals surface area contributed by atoms with Crippen LogP contribution in [0.2, 0.25) is 0 Å². The molecule has 1 aromatic rings. The number of carbonyl (C=O) groups excluding carboxylic acids is 3. The van der Waals surface area contributed by atoms with Crippen LogP contribution in [0.15, 0.2) is 30.3 Å². The molecule has 0 radical (unpaired) electrons. The maximum atomic E-state index is 13.0. The molecule has 4 amide bonds. The van der Waals surface area contributed by atoms with E-state index in [1.807, 2.05) is 49.1 Å². The molecule has 1 atom stereocenters. The van der Waals surface area contributed by atoms with Crippen molar-refractivity contribution in [1.82, 2.24) is 20.4 Å². The van der Waals surface area contributed by atoms with Gasteiger partial charge in [0.1, 0.15) is 6.04 Å². The Labute approximate surface area is 166 Å². The molecule has 1 aliphatic carbocycles. The summed E-state index contributed by atoms with van der Waals surface area (Å²) in [5.41, 5.74) is 1.00. The van der Waals surface area contributed by atoms with Crippen LogP contribution in [0.1, 0.15) is 32.3 Å². The molecule has 2 aliphatic rings. The van der Waals surface area contributed by atoms with Crippen molar-refractivity contribution in [2.75, 3.05) is 26.2 Å². The second-order valence-electron chi connectivity index (χ2n) is 7.96. The molecule has 0 spiro atoms. The molecule has 0 bridgehead atoms. The number of hydrogen-bond acceptors (Lipinski definition) is 3. The standard InChI is InChI=1S/C21H30N4O3/c1-15(2)18(23-21(28)22-14-16-6-4-3-5-7-16)20(27)25-12-10-24(11-13-25)19(26)17-8-9-17/h3-7,15,17-18H,8-14H2,1-2H3,(H2,22,23,28)/t18-/m0/s1. The highest BCUT2D eigenvalue weighted by atomic mass is 16.2. The van der Waals surface area contributed by atoms with Crippen LogP contribution < -0.4 is 10.6 Å². The Bertz CT molecular complexity index is 695. The monoisotopic (exact) mass is 386 g/mol. The Kier molecular flexibility index (Phi) is 6.54. The third-order valence-corrected chi connectivity index (χ3v) is 5.34. The maximum absolute atomic E-state index is 13.0. The van der Waals surface area contributed by atoms with Crippen molar-refractivity contribution in [3.8, 4) is 0 Å². The quantitative estimate of drug-likeness (QED) is 0.779. The van der Waals surface area contributed by atoms with E-state index in [9.17, 15) is 14.4 Å². The van der Waals surface area contributed by atoms with Crippen molar-refractivity contribution in [2.24, 2.45) is 11.8 Å². The van der Waals surface area contributed by atoms with Gasteiger partial charge >= 0.3 is 6.03 Å².